The third-order valence-electron chi connectivity index (χ3n) is 1.93. The first-order valence-corrected chi connectivity index (χ1v) is 4.95. The van der Waals surface area contributed by atoms with Gasteiger partial charge in [-0.2, -0.15) is 0 Å². The molecule has 1 aromatic rings. The SMILES string of the molecule is CC(OC(=O)CCl)c1ccccc1[C]=O. The highest BCUT2D eigenvalue weighted by atomic mass is 35.5. The maximum atomic E-state index is 10.9. The van der Waals surface area contributed by atoms with Crippen molar-refractivity contribution in [1.29, 1.82) is 0 Å². The van der Waals surface area contributed by atoms with E-state index in [0.717, 1.165) is 0 Å². The van der Waals surface area contributed by atoms with E-state index < -0.39 is 12.1 Å². The Morgan fingerprint density at radius 2 is 2.20 bits per heavy atom. The lowest BCUT2D eigenvalue weighted by molar-refractivity contribution is -0.145. The Hall–Kier alpha value is -1.35. The van der Waals surface area contributed by atoms with Crippen LogP contribution in [0.4, 0.5) is 0 Å². The summed E-state index contributed by atoms with van der Waals surface area (Å²) in [5.41, 5.74) is 1.03. The summed E-state index contributed by atoms with van der Waals surface area (Å²) in [5.74, 6) is -0.706. The number of benzene rings is 1. The normalized spacial score (nSPS) is 11.9. The molecule has 1 rings (SSSR count). The lowest BCUT2D eigenvalue weighted by Gasteiger charge is -2.13. The zero-order valence-electron chi connectivity index (χ0n) is 8.20. The number of ether oxygens (including phenoxy) is 1. The number of alkyl halides is 1. The fourth-order valence-electron chi connectivity index (χ4n) is 1.24. The van der Waals surface area contributed by atoms with E-state index in [9.17, 15) is 9.59 Å². The second-order valence-corrected chi connectivity index (χ2v) is 3.22. The largest absolute Gasteiger partial charge is 0.457 e. The van der Waals surface area contributed by atoms with Gasteiger partial charge in [0, 0.05) is 11.1 Å². The second-order valence-electron chi connectivity index (χ2n) is 2.96. The number of rotatable bonds is 4. The molecule has 0 aliphatic carbocycles. The fraction of sp³-hybridized carbons (Fsp3) is 0.273. The summed E-state index contributed by atoms with van der Waals surface area (Å²) in [6.45, 7) is 1.68. The number of hydrogen-bond acceptors (Lipinski definition) is 3. The molecule has 1 atom stereocenters. The van der Waals surface area contributed by atoms with Crippen molar-refractivity contribution in [1.82, 2.24) is 0 Å². The smallest absolute Gasteiger partial charge is 0.321 e. The van der Waals surface area contributed by atoms with Gasteiger partial charge < -0.3 is 4.74 Å². The Balaban J connectivity index is 2.85. The van der Waals surface area contributed by atoms with Gasteiger partial charge in [0.1, 0.15) is 12.0 Å². The highest BCUT2D eigenvalue weighted by Crippen LogP contribution is 2.19. The van der Waals surface area contributed by atoms with Crippen molar-refractivity contribution in [3.8, 4) is 0 Å². The maximum absolute atomic E-state index is 10.9. The summed E-state index contributed by atoms with van der Waals surface area (Å²) < 4.78 is 4.98. The van der Waals surface area contributed by atoms with Gasteiger partial charge in [0.15, 0.2) is 0 Å². The van der Waals surface area contributed by atoms with Gasteiger partial charge in [-0.05, 0) is 6.92 Å². The predicted octanol–water partition coefficient (Wildman–Crippen LogP) is 1.99. The molecular formula is C11H10ClO3. The van der Waals surface area contributed by atoms with Crippen LogP contribution in [0.1, 0.15) is 24.2 Å². The molecule has 4 heteroatoms. The lowest BCUT2D eigenvalue weighted by atomic mass is 10.0. The quantitative estimate of drug-likeness (QED) is 0.581. The third kappa shape index (κ3) is 3.06. The van der Waals surface area contributed by atoms with E-state index in [1.54, 1.807) is 37.5 Å². The van der Waals surface area contributed by atoms with Crippen LogP contribution >= 0.6 is 11.6 Å². The van der Waals surface area contributed by atoms with E-state index in [1.807, 2.05) is 0 Å². The average molecular weight is 226 g/mol. The zero-order chi connectivity index (χ0) is 11.3. The van der Waals surface area contributed by atoms with E-state index in [4.69, 9.17) is 16.3 Å². The fourth-order valence-corrected chi connectivity index (χ4v) is 1.30. The molecule has 1 aromatic carbocycles. The predicted molar refractivity (Wildman–Crippen MR) is 56.5 cm³/mol. The van der Waals surface area contributed by atoms with Crippen LogP contribution in [0.5, 0.6) is 0 Å². The van der Waals surface area contributed by atoms with Crippen molar-refractivity contribution >= 4 is 23.9 Å². The summed E-state index contributed by atoms with van der Waals surface area (Å²) in [7, 11) is 0. The summed E-state index contributed by atoms with van der Waals surface area (Å²) in [6.07, 6.45) is 1.30. The zero-order valence-corrected chi connectivity index (χ0v) is 8.95. The first kappa shape index (κ1) is 11.7. The standard InChI is InChI=1S/C11H10ClO3/c1-8(15-11(14)6-12)10-5-3-2-4-9(10)7-13/h2-5,8H,6H2,1H3. The van der Waals surface area contributed by atoms with Gasteiger partial charge >= 0.3 is 5.97 Å². The third-order valence-corrected chi connectivity index (χ3v) is 2.14. The monoisotopic (exact) mass is 225 g/mol. The Kier molecular flexibility index (Phi) is 4.31. The first-order valence-electron chi connectivity index (χ1n) is 4.41. The van der Waals surface area contributed by atoms with Gasteiger partial charge in [0.25, 0.3) is 0 Å². The molecule has 79 valence electrons. The van der Waals surface area contributed by atoms with E-state index in [2.05, 4.69) is 0 Å². The first-order chi connectivity index (χ1) is 7.19. The molecule has 0 aromatic heterocycles. The molecule has 1 radical (unpaired) electrons. The number of carbonyl (C=O) groups is 1. The van der Waals surface area contributed by atoms with Crippen LogP contribution in [0.3, 0.4) is 0 Å². The minimum atomic E-state index is -0.509. The molecule has 0 N–H and O–H groups in total. The maximum Gasteiger partial charge on any atom is 0.321 e. The van der Waals surface area contributed by atoms with Gasteiger partial charge in [-0.3, -0.25) is 9.59 Å². The molecule has 0 saturated heterocycles. The Labute approximate surface area is 93.0 Å². The van der Waals surface area contributed by atoms with E-state index in [-0.39, 0.29) is 5.88 Å². The van der Waals surface area contributed by atoms with Crippen molar-refractivity contribution in [2.45, 2.75) is 13.0 Å². The highest BCUT2D eigenvalue weighted by Gasteiger charge is 2.13. The summed E-state index contributed by atoms with van der Waals surface area (Å²) in [6, 6.07) is 6.82. The molecule has 0 heterocycles. The van der Waals surface area contributed by atoms with E-state index in [1.165, 1.54) is 0 Å². The highest BCUT2D eigenvalue weighted by molar-refractivity contribution is 6.26. The minimum absolute atomic E-state index is 0.197. The van der Waals surface area contributed by atoms with Crippen LogP contribution in [0.2, 0.25) is 0 Å². The van der Waals surface area contributed by atoms with Crippen molar-refractivity contribution in [3.05, 3.63) is 35.4 Å². The van der Waals surface area contributed by atoms with Crippen molar-refractivity contribution in [2.24, 2.45) is 0 Å². The molecule has 3 nitrogen and oxygen atoms in total. The minimum Gasteiger partial charge on any atom is -0.457 e. The van der Waals surface area contributed by atoms with Gasteiger partial charge in [-0.15, -0.1) is 11.6 Å². The van der Waals surface area contributed by atoms with E-state index in [0.29, 0.717) is 11.1 Å². The second kappa shape index (κ2) is 5.51. The van der Waals surface area contributed by atoms with Crippen LogP contribution in [0, 0.1) is 0 Å². The van der Waals surface area contributed by atoms with Crippen molar-refractivity contribution < 1.29 is 14.3 Å². The molecule has 1 unspecified atom stereocenters. The number of esters is 1. The average Bonchev–Trinajstić information content (AvgIpc) is 2.28. The number of hydrogen-bond donors (Lipinski definition) is 0. The van der Waals surface area contributed by atoms with Gasteiger partial charge in [0.05, 0.1) is 0 Å². The van der Waals surface area contributed by atoms with Crippen molar-refractivity contribution in [2.75, 3.05) is 5.88 Å². The molecule has 0 bridgehead atoms. The van der Waals surface area contributed by atoms with E-state index >= 15 is 0 Å². The van der Waals surface area contributed by atoms with Crippen LogP contribution in [-0.4, -0.2) is 18.1 Å². The van der Waals surface area contributed by atoms with Gasteiger partial charge in [-0.25, -0.2) is 0 Å². The Bertz CT molecular complexity index is 363. The summed E-state index contributed by atoms with van der Waals surface area (Å²) in [5, 5.41) is 0. The Morgan fingerprint density at radius 3 is 2.80 bits per heavy atom. The topological polar surface area (TPSA) is 43.4 Å². The molecule has 0 aliphatic heterocycles. The molecule has 0 spiro atoms. The van der Waals surface area contributed by atoms with Crippen LogP contribution in [0.15, 0.2) is 24.3 Å². The van der Waals surface area contributed by atoms with Crippen LogP contribution < -0.4 is 0 Å². The molecule has 0 fully saturated rings. The number of halogens is 1. The summed E-state index contributed by atoms with van der Waals surface area (Å²) >= 11 is 5.31. The Morgan fingerprint density at radius 1 is 1.53 bits per heavy atom. The lowest BCUT2D eigenvalue weighted by Crippen LogP contribution is -2.11. The van der Waals surface area contributed by atoms with Gasteiger partial charge in [0.2, 0.25) is 6.29 Å². The number of carbonyl (C=O) groups excluding carboxylic acids is 2. The summed E-state index contributed by atoms with van der Waals surface area (Å²) in [4.78, 5) is 21.5. The molecule has 0 saturated carbocycles. The van der Waals surface area contributed by atoms with Crippen LogP contribution in [0.25, 0.3) is 0 Å². The van der Waals surface area contributed by atoms with Crippen LogP contribution in [-0.2, 0) is 14.3 Å². The van der Waals surface area contributed by atoms with Crippen molar-refractivity contribution in [3.63, 3.8) is 0 Å². The molecular weight excluding hydrogens is 216 g/mol. The molecule has 0 aliphatic rings. The van der Waals surface area contributed by atoms with Gasteiger partial charge in [-0.1, -0.05) is 24.3 Å². The molecule has 15 heavy (non-hydrogen) atoms. The molecule has 0 amide bonds.